The summed E-state index contributed by atoms with van der Waals surface area (Å²) in [7, 11) is 0. The molecule has 0 aliphatic heterocycles. The molecule has 6 nitrogen and oxygen atoms in total. The molecule has 0 aromatic rings. The molecule has 0 aromatic heterocycles. The molecule has 0 saturated carbocycles. The summed E-state index contributed by atoms with van der Waals surface area (Å²) >= 11 is 0. The van der Waals surface area contributed by atoms with Crippen molar-refractivity contribution in [2.24, 2.45) is 5.73 Å². The number of ether oxygens (including phenoxy) is 1. The third kappa shape index (κ3) is 5.01. The van der Waals surface area contributed by atoms with E-state index in [0.29, 0.717) is 0 Å². The minimum Gasteiger partial charge on any atom is -0.368 e. The second-order valence-electron chi connectivity index (χ2n) is 1.49. The predicted molar refractivity (Wildman–Crippen MR) is 29.9 cm³/mol. The maximum absolute atomic E-state index is 10.2. The molecular formula is C4H8N2O4. The third-order valence-corrected chi connectivity index (χ3v) is 0.602. The highest BCUT2D eigenvalue weighted by Crippen LogP contribution is 1.71. The van der Waals surface area contributed by atoms with Crippen molar-refractivity contribution in [3.63, 3.8) is 0 Å². The van der Waals surface area contributed by atoms with Crippen LogP contribution in [0.3, 0.4) is 0 Å². The van der Waals surface area contributed by atoms with E-state index in [2.05, 4.69) is 10.5 Å². The van der Waals surface area contributed by atoms with Gasteiger partial charge in [-0.15, -0.1) is 0 Å². The van der Waals surface area contributed by atoms with Crippen LogP contribution in [0.2, 0.25) is 0 Å². The van der Waals surface area contributed by atoms with Crippen LogP contribution in [-0.2, 0) is 14.3 Å². The van der Waals surface area contributed by atoms with Crippen molar-refractivity contribution in [1.29, 1.82) is 0 Å². The van der Waals surface area contributed by atoms with Gasteiger partial charge in [-0.25, -0.2) is 5.48 Å². The van der Waals surface area contributed by atoms with Crippen molar-refractivity contribution >= 4 is 11.8 Å². The van der Waals surface area contributed by atoms with Crippen molar-refractivity contribution in [3.8, 4) is 0 Å². The molecule has 4 N–H and O–H groups in total. The fraction of sp³-hybridized carbons (Fsp3) is 0.500. The molecule has 0 saturated heterocycles. The topological polar surface area (TPSA) is 102 Å². The zero-order valence-electron chi connectivity index (χ0n) is 5.16. The van der Waals surface area contributed by atoms with Gasteiger partial charge in [-0.1, -0.05) is 0 Å². The van der Waals surface area contributed by atoms with Gasteiger partial charge in [0, 0.05) is 0 Å². The number of nitrogens with two attached hydrogens (primary N) is 1. The summed E-state index contributed by atoms with van der Waals surface area (Å²) in [5.74, 6) is -1.38. The Morgan fingerprint density at radius 1 is 1.50 bits per heavy atom. The SMILES string of the molecule is NC(=O)COCC(=O)NO. The molecular weight excluding hydrogens is 140 g/mol. The van der Waals surface area contributed by atoms with E-state index in [-0.39, 0.29) is 13.2 Å². The summed E-state index contributed by atoms with van der Waals surface area (Å²) in [5.41, 5.74) is 5.98. The number of hydrogen-bond donors (Lipinski definition) is 3. The van der Waals surface area contributed by atoms with Gasteiger partial charge in [0.1, 0.15) is 13.2 Å². The second kappa shape index (κ2) is 4.71. The third-order valence-electron chi connectivity index (χ3n) is 0.602. The van der Waals surface area contributed by atoms with E-state index in [1.807, 2.05) is 0 Å². The first-order chi connectivity index (χ1) is 4.66. The summed E-state index contributed by atoms with van der Waals surface area (Å²) in [6, 6.07) is 0. The number of nitrogens with one attached hydrogen (secondary N) is 1. The molecule has 0 heterocycles. The molecule has 0 aliphatic carbocycles. The lowest BCUT2D eigenvalue weighted by atomic mass is 10.6. The zero-order valence-corrected chi connectivity index (χ0v) is 5.16. The van der Waals surface area contributed by atoms with Crippen molar-refractivity contribution in [3.05, 3.63) is 0 Å². The Labute approximate surface area is 56.9 Å². The summed E-state index contributed by atoms with van der Waals surface area (Å²) in [6.45, 7) is -0.702. The van der Waals surface area contributed by atoms with Crippen LogP contribution in [0.4, 0.5) is 0 Å². The molecule has 10 heavy (non-hydrogen) atoms. The van der Waals surface area contributed by atoms with Crippen molar-refractivity contribution in [2.75, 3.05) is 13.2 Å². The molecule has 0 bridgehead atoms. The Morgan fingerprint density at radius 3 is 2.50 bits per heavy atom. The maximum Gasteiger partial charge on any atom is 0.269 e. The van der Waals surface area contributed by atoms with Crippen LogP contribution >= 0.6 is 0 Å². The number of hydrogen-bond acceptors (Lipinski definition) is 4. The Kier molecular flexibility index (Phi) is 4.17. The molecule has 0 fully saturated rings. The normalized spacial score (nSPS) is 8.90. The van der Waals surface area contributed by atoms with Gasteiger partial charge in [0.2, 0.25) is 5.91 Å². The van der Waals surface area contributed by atoms with Gasteiger partial charge >= 0.3 is 0 Å². The van der Waals surface area contributed by atoms with Gasteiger partial charge in [-0.05, 0) is 0 Å². The summed E-state index contributed by atoms with van der Waals surface area (Å²) in [6.07, 6.45) is 0. The standard InChI is InChI=1S/C4H8N2O4/c5-3(7)1-10-2-4(8)6-9/h9H,1-2H2,(H2,5,7)(H,6,8). The van der Waals surface area contributed by atoms with Gasteiger partial charge in [0.25, 0.3) is 5.91 Å². The Hall–Kier alpha value is -1.14. The van der Waals surface area contributed by atoms with E-state index in [4.69, 9.17) is 5.21 Å². The lowest BCUT2D eigenvalue weighted by Gasteiger charge is -1.97. The minimum absolute atomic E-state index is 0.326. The lowest BCUT2D eigenvalue weighted by Crippen LogP contribution is -2.27. The van der Waals surface area contributed by atoms with Gasteiger partial charge in [-0.2, -0.15) is 0 Å². The maximum atomic E-state index is 10.2. The van der Waals surface area contributed by atoms with Gasteiger partial charge in [0.05, 0.1) is 0 Å². The summed E-state index contributed by atoms with van der Waals surface area (Å²) in [4.78, 5) is 20.1. The number of carbonyl (C=O) groups is 2. The molecule has 58 valence electrons. The molecule has 0 atom stereocenters. The minimum atomic E-state index is -0.721. The van der Waals surface area contributed by atoms with Crippen LogP contribution in [0.25, 0.3) is 0 Å². The number of rotatable bonds is 4. The van der Waals surface area contributed by atoms with Crippen LogP contribution in [0.5, 0.6) is 0 Å². The largest absolute Gasteiger partial charge is 0.368 e. The first kappa shape index (κ1) is 8.86. The Balaban J connectivity index is 3.20. The fourth-order valence-electron chi connectivity index (χ4n) is 0.277. The van der Waals surface area contributed by atoms with Crippen LogP contribution in [0, 0.1) is 0 Å². The first-order valence-electron chi connectivity index (χ1n) is 2.45. The molecule has 0 radical (unpaired) electrons. The highest BCUT2D eigenvalue weighted by molar-refractivity contribution is 5.77. The monoisotopic (exact) mass is 148 g/mol. The van der Waals surface area contributed by atoms with E-state index in [9.17, 15) is 9.59 Å². The molecule has 0 aromatic carbocycles. The van der Waals surface area contributed by atoms with Crippen LogP contribution in [0.15, 0.2) is 0 Å². The van der Waals surface area contributed by atoms with E-state index in [1.165, 1.54) is 5.48 Å². The van der Waals surface area contributed by atoms with Gasteiger partial charge < -0.3 is 10.5 Å². The molecule has 6 heteroatoms. The van der Waals surface area contributed by atoms with E-state index in [0.717, 1.165) is 0 Å². The predicted octanol–water partition coefficient (Wildman–Crippen LogP) is -2.01. The zero-order chi connectivity index (χ0) is 7.98. The number of amides is 2. The highest BCUT2D eigenvalue weighted by Gasteiger charge is 1.99. The first-order valence-corrected chi connectivity index (χ1v) is 2.45. The molecule has 0 spiro atoms. The highest BCUT2D eigenvalue weighted by atomic mass is 16.5. The summed E-state index contributed by atoms with van der Waals surface area (Å²) < 4.78 is 4.40. The van der Waals surface area contributed by atoms with E-state index in [1.54, 1.807) is 0 Å². The van der Waals surface area contributed by atoms with Crippen LogP contribution in [-0.4, -0.2) is 30.2 Å². The lowest BCUT2D eigenvalue weighted by molar-refractivity contribution is -0.135. The fourth-order valence-corrected chi connectivity index (χ4v) is 0.277. The molecule has 2 amide bonds. The Bertz CT molecular complexity index is 135. The van der Waals surface area contributed by atoms with E-state index < -0.39 is 11.8 Å². The average molecular weight is 148 g/mol. The molecule has 0 rings (SSSR count). The molecule has 0 aliphatic rings. The number of primary amides is 1. The van der Waals surface area contributed by atoms with E-state index >= 15 is 0 Å². The Morgan fingerprint density at radius 2 is 2.10 bits per heavy atom. The van der Waals surface area contributed by atoms with Gasteiger partial charge in [0.15, 0.2) is 0 Å². The average Bonchev–Trinajstić information content (AvgIpc) is 1.87. The van der Waals surface area contributed by atoms with Crippen LogP contribution in [0.1, 0.15) is 0 Å². The molecule has 0 unspecified atom stereocenters. The second-order valence-corrected chi connectivity index (χ2v) is 1.49. The van der Waals surface area contributed by atoms with Crippen molar-refractivity contribution in [1.82, 2.24) is 5.48 Å². The smallest absolute Gasteiger partial charge is 0.269 e. The quantitative estimate of drug-likeness (QED) is 0.317. The summed E-state index contributed by atoms with van der Waals surface area (Å²) in [5, 5.41) is 7.90. The van der Waals surface area contributed by atoms with Crippen molar-refractivity contribution in [2.45, 2.75) is 0 Å². The number of hydroxylamine groups is 1. The van der Waals surface area contributed by atoms with Crippen molar-refractivity contribution < 1.29 is 19.5 Å². The van der Waals surface area contributed by atoms with Gasteiger partial charge in [-0.3, -0.25) is 14.8 Å². The number of carbonyl (C=O) groups excluding carboxylic acids is 2. The van der Waals surface area contributed by atoms with Crippen LogP contribution < -0.4 is 11.2 Å².